The maximum atomic E-state index is 5.78. The maximum Gasteiger partial charge on any atom is 0.222 e. The Morgan fingerprint density at radius 2 is 2.28 bits per heavy atom. The van der Waals surface area contributed by atoms with Crippen LogP contribution in [0.4, 0.5) is 5.95 Å². The highest BCUT2D eigenvalue weighted by atomic mass is 35.5. The Hall–Kier alpha value is -1.62. The van der Waals surface area contributed by atoms with Crippen LogP contribution in [-0.4, -0.2) is 26.3 Å². The lowest BCUT2D eigenvalue weighted by atomic mass is 10.1. The van der Waals surface area contributed by atoms with Gasteiger partial charge in [-0.1, -0.05) is 25.4 Å². The molecule has 6 heteroatoms. The van der Waals surface area contributed by atoms with E-state index >= 15 is 0 Å². The smallest absolute Gasteiger partial charge is 0.222 e. The van der Waals surface area contributed by atoms with Gasteiger partial charge in [0.25, 0.3) is 0 Å². The van der Waals surface area contributed by atoms with Crippen LogP contribution in [0.1, 0.15) is 25.5 Å². The Kier molecular flexibility index (Phi) is 4.15. The zero-order chi connectivity index (χ0) is 13.0. The average Bonchev–Trinajstić information content (AvgIpc) is 2.75. The van der Waals surface area contributed by atoms with Gasteiger partial charge in [-0.3, -0.25) is 4.68 Å². The summed E-state index contributed by atoms with van der Waals surface area (Å²) < 4.78 is 1.78. The van der Waals surface area contributed by atoms with E-state index in [4.69, 9.17) is 11.6 Å². The molecular formula is C12H16ClN5. The summed E-state index contributed by atoms with van der Waals surface area (Å²) in [5.41, 5.74) is 1.04. The van der Waals surface area contributed by atoms with E-state index in [0.717, 1.165) is 12.2 Å². The molecule has 0 aromatic carbocycles. The minimum Gasteiger partial charge on any atom is -0.352 e. The van der Waals surface area contributed by atoms with Crippen molar-refractivity contribution in [1.29, 1.82) is 0 Å². The fraction of sp³-hybridized carbons (Fsp3) is 0.417. The van der Waals surface area contributed by atoms with Crippen LogP contribution in [-0.2, 0) is 6.54 Å². The number of rotatable bonds is 5. The van der Waals surface area contributed by atoms with Gasteiger partial charge in [-0.2, -0.15) is 5.10 Å². The van der Waals surface area contributed by atoms with Gasteiger partial charge in [-0.25, -0.2) is 9.97 Å². The van der Waals surface area contributed by atoms with Gasteiger partial charge in [-0.05, 0) is 12.0 Å². The number of nitrogens with zero attached hydrogens (tertiary/aromatic N) is 4. The van der Waals surface area contributed by atoms with Crippen molar-refractivity contribution in [2.45, 2.75) is 26.3 Å². The average molecular weight is 266 g/mol. The highest BCUT2D eigenvalue weighted by molar-refractivity contribution is 6.30. The molecule has 96 valence electrons. The Balaban J connectivity index is 1.88. The second-order valence-electron chi connectivity index (χ2n) is 4.31. The predicted octanol–water partition coefficient (Wildman–Crippen LogP) is 2.56. The molecule has 0 fully saturated rings. The first-order valence-corrected chi connectivity index (χ1v) is 6.27. The molecule has 0 saturated heterocycles. The third kappa shape index (κ3) is 3.43. The van der Waals surface area contributed by atoms with Gasteiger partial charge in [0.1, 0.15) is 0 Å². The van der Waals surface area contributed by atoms with Crippen LogP contribution < -0.4 is 5.32 Å². The summed E-state index contributed by atoms with van der Waals surface area (Å²) in [6, 6.07) is 1.93. The molecule has 2 aromatic heterocycles. The number of halogens is 1. The molecule has 1 N–H and O–H groups in total. The van der Waals surface area contributed by atoms with E-state index in [0.29, 0.717) is 23.4 Å². The summed E-state index contributed by atoms with van der Waals surface area (Å²) in [6.45, 7) is 5.65. The van der Waals surface area contributed by atoms with Gasteiger partial charge in [0, 0.05) is 24.6 Å². The molecule has 0 aliphatic rings. The molecule has 0 amide bonds. The maximum absolute atomic E-state index is 5.78. The topological polar surface area (TPSA) is 55.6 Å². The van der Waals surface area contributed by atoms with Crippen LogP contribution in [0.25, 0.3) is 0 Å². The van der Waals surface area contributed by atoms with E-state index in [-0.39, 0.29) is 0 Å². The predicted molar refractivity (Wildman–Crippen MR) is 71.8 cm³/mol. The first-order chi connectivity index (χ1) is 8.65. The van der Waals surface area contributed by atoms with E-state index in [1.54, 1.807) is 23.3 Å². The van der Waals surface area contributed by atoms with Crippen molar-refractivity contribution in [1.82, 2.24) is 19.7 Å². The Bertz CT molecular complexity index is 509. The van der Waals surface area contributed by atoms with Crippen LogP contribution in [0.2, 0.25) is 5.02 Å². The van der Waals surface area contributed by atoms with Crippen LogP contribution in [0.3, 0.4) is 0 Å². The van der Waals surface area contributed by atoms with Crippen molar-refractivity contribution < 1.29 is 0 Å². The zero-order valence-electron chi connectivity index (χ0n) is 10.5. The third-order valence-electron chi connectivity index (χ3n) is 2.49. The fourth-order valence-electron chi connectivity index (χ4n) is 1.52. The molecule has 5 nitrogen and oxygen atoms in total. The van der Waals surface area contributed by atoms with Crippen molar-refractivity contribution in [3.63, 3.8) is 0 Å². The molecule has 0 unspecified atom stereocenters. The Morgan fingerprint density at radius 1 is 1.44 bits per heavy atom. The number of aromatic nitrogens is 4. The Morgan fingerprint density at radius 3 is 2.94 bits per heavy atom. The lowest BCUT2D eigenvalue weighted by Gasteiger charge is -2.08. The molecule has 18 heavy (non-hydrogen) atoms. The molecule has 0 aliphatic heterocycles. The SMILES string of the molecule is CC(C)c1ccnc(NCCn2cc(Cl)cn2)n1. The molecule has 0 atom stereocenters. The zero-order valence-corrected chi connectivity index (χ0v) is 11.2. The Labute approximate surface area is 111 Å². The van der Waals surface area contributed by atoms with Gasteiger partial charge in [0.15, 0.2) is 0 Å². The van der Waals surface area contributed by atoms with Gasteiger partial charge in [0.2, 0.25) is 5.95 Å². The summed E-state index contributed by atoms with van der Waals surface area (Å²) >= 11 is 5.78. The van der Waals surface area contributed by atoms with Crippen molar-refractivity contribution >= 4 is 17.5 Å². The molecule has 0 spiro atoms. The van der Waals surface area contributed by atoms with E-state index in [9.17, 15) is 0 Å². The third-order valence-corrected chi connectivity index (χ3v) is 2.69. The lowest BCUT2D eigenvalue weighted by Crippen LogP contribution is -2.13. The standard InChI is InChI=1S/C12H16ClN5/c1-9(2)11-3-4-14-12(17-11)15-5-6-18-8-10(13)7-16-18/h3-4,7-9H,5-6H2,1-2H3,(H,14,15,17). The van der Waals surface area contributed by atoms with E-state index in [1.807, 2.05) is 6.07 Å². The summed E-state index contributed by atoms with van der Waals surface area (Å²) in [7, 11) is 0. The summed E-state index contributed by atoms with van der Waals surface area (Å²) in [6.07, 6.45) is 5.18. The first kappa shape index (κ1) is 12.8. The normalized spacial score (nSPS) is 10.9. The fourth-order valence-corrected chi connectivity index (χ4v) is 1.68. The van der Waals surface area contributed by atoms with Crippen LogP contribution in [0, 0.1) is 0 Å². The summed E-state index contributed by atoms with van der Waals surface area (Å²) in [4.78, 5) is 8.61. The minimum absolute atomic E-state index is 0.401. The van der Waals surface area contributed by atoms with Crippen LogP contribution in [0.5, 0.6) is 0 Å². The molecular weight excluding hydrogens is 250 g/mol. The van der Waals surface area contributed by atoms with E-state index in [1.165, 1.54) is 0 Å². The highest BCUT2D eigenvalue weighted by Crippen LogP contribution is 2.11. The van der Waals surface area contributed by atoms with Gasteiger partial charge in [-0.15, -0.1) is 0 Å². The van der Waals surface area contributed by atoms with Crippen LogP contribution in [0.15, 0.2) is 24.7 Å². The van der Waals surface area contributed by atoms with Crippen molar-refractivity contribution in [3.05, 3.63) is 35.4 Å². The first-order valence-electron chi connectivity index (χ1n) is 5.90. The summed E-state index contributed by atoms with van der Waals surface area (Å²) in [5.74, 6) is 1.05. The van der Waals surface area contributed by atoms with Crippen molar-refractivity contribution in [2.24, 2.45) is 0 Å². The second-order valence-corrected chi connectivity index (χ2v) is 4.74. The molecule has 0 saturated carbocycles. The van der Waals surface area contributed by atoms with E-state index in [2.05, 4.69) is 34.2 Å². The number of hydrogen-bond acceptors (Lipinski definition) is 4. The van der Waals surface area contributed by atoms with Gasteiger partial charge >= 0.3 is 0 Å². The second kappa shape index (κ2) is 5.82. The molecule has 0 aliphatic carbocycles. The molecule has 2 aromatic rings. The molecule has 0 bridgehead atoms. The van der Waals surface area contributed by atoms with Gasteiger partial charge < -0.3 is 5.32 Å². The quantitative estimate of drug-likeness (QED) is 0.903. The number of hydrogen-bond donors (Lipinski definition) is 1. The largest absolute Gasteiger partial charge is 0.352 e. The van der Waals surface area contributed by atoms with E-state index < -0.39 is 0 Å². The molecule has 0 radical (unpaired) electrons. The summed E-state index contributed by atoms with van der Waals surface area (Å²) in [5, 5.41) is 7.91. The minimum atomic E-state index is 0.401. The number of nitrogens with one attached hydrogen (secondary N) is 1. The van der Waals surface area contributed by atoms with Crippen molar-refractivity contribution in [3.8, 4) is 0 Å². The lowest BCUT2D eigenvalue weighted by molar-refractivity contribution is 0.635. The number of anilines is 1. The van der Waals surface area contributed by atoms with Crippen molar-refractivity contribution in [2.75, 3.05) is 11.9 Å². The molecule has 2 heterocycles. The monoisotopic (exact) mass is 265 g/mol. The van der Waals surface area contributed by atoms with Crippen LogP contribution >= 0.6 is 11.6 Å². The molecule has 2 rings (SSSR count). The highest BCUT2D eigenvalue weighted by Gasteiger charge is 2.02. The van der Waals surface area contributed by atoms with Gasteiger partial charge in [0.05, 0.1) is 17.8 Å².